The van der Waals surface area contributed by atoms with E-state index in [0.717, 1.165) is 35.5 Å². The average molecular weight is 420 g/mol. The number of halogens is 4. The van der Waals surface area contributed by atoms with Crippen LogP contribution in [0.5, 0.6) is 0 Å². The first-order valence-electron chi connectivity index (χ1n) is 8.30. The molecule has 0 spiro atoms. The molecule has 2 aromatic rings. The van der Waals surface area contributed by atoms with Crippen molar-refractivity contribution in [2.45, 2.75) is 50.7 Å². The number of aromatic nitrogens is 1. The van der Waals surface area contributed by atoms with Crippen LogP contribution in [-0.2, 0) is 17.4 Å². The maximum absolute atomic E-state index is 12.9. The predicted molar refractivity (Wildman–Crippen MR) is 102 cm³/mol. The number of rotatable bonds is 5. The summed E-state index contributed by atoms with van der Waals surface area (Å²) in [7, 11) is 0. The number of hydrogen-bond donors (Lipinski definition) is 2. The number of nitrogens with two attached hydrogens (primary N) is 1. The zero-order valence-corrected chi connectivity index (χ0v) is 16.5. The molecule has 0 saturated heterocycles. The maximum Gasteiger partial charge on any atom is 0.416 e. The van der Waals surface area contributed by atoms with Crippen LogP contribution in [0.1, 0.15) is 54.3 Å². The number of anilines is 1. The van der Waals surface area contributed by atoms with E-state index in [1.54, 1.807) is 19.9 Å². The van der Waals surface area contributed by atoms with Crippen LogP contribution in [0.2, 0.25) is 0 Å². The summed E-state index contributed by atoms with van der Waals surface area (Å²) in [6.07, 6.45) is -1.99. The SMILES string of the molecule is CC(C)(N)C(=O)Nc1nc(C2CC2)c(Cc2cccc(C(F)(F)F)c2)s1.Cl. The van der Waals surface area contributed by atoms with Crippen molar-refractivity contribution < 1.29 is 18.0 Å². The van der Waals surface area contributed by atoms with Gasteiger partial charge in [-0.2, -0.15) is 13.2 Å². The second-order valence-electron chi connectivity index (χ2n) is 7.15. The molecular weight excluding hydrogens is 399 g/mol. The fourth-order valence-electron chi connectivity index (χ4n) is 2.52. The van der Waals surface area contributed by atoms with Crippen LogP contribution in [0.15, 0.2) is 24.3 Å². The monoisotopic (exact) mass is 419 g/mol. The highest BCUT2D eigenvalue weighted by Crippen LogP contribution is 2.44. The smallest absolute Gasteiger partial charge is 0.318 e. The highest BCUT2D eigenvalue weighted by atomic mass is 35.5. The summed E-state index contributed by atoms with van der Waals surface area (Å²) in [6.45, 7) is 3.20. The van der Waals surface area contributed by atoms with Crippen molar-refractivity contribution in [3.63, 3.8) is 0 Å². The Kier molecular flexibility index (Phi) is 6.23. The molecule has 1 fully saturated rings. The van der Waals surface area contributed by atoms with Crippen molar-refractivity contribution in [1.82, 2.24) is 4.98 Å². The molecule has 148 valence electrons. The lowest BCUT2D eigenvalue weighted by Gasteiger charge is -2.16. The minimum atomic E-state index is -4.37. The Bertz CT molecular complexity index is 826. The highest BCUT2D eigenvalue weighted by Gasteiger charge is 2.32. The molecule has 1 aromatic carbocycles. The molecule has 0 aliphatic heterocycles. The Morgan fingerprint density at radius 1 is 1.33 bits per heavy atom. The molecule has 1 aliphatic rings. The number of benzene rings is 1. The van der Waals surface area contributed by atoms with Gasteiger partial charge >= 0.3 is 6.18 Å². The minimum absolute atomic E-state index is 0. The number of hydrogen-bond acceptors (Lipinski definition) is 4. The lowest BCUT2D eigenvalue weighted by Crippen LogP contribution is -2.45. The van der Waals surface area contributed by atoms with Gasteiger partial charge in [-0.15, -0.1) is 23.7 Å². The van der Waals surface area contributed by atoms with Crippen LogP contribution in [0.4, 0.5) is 18.3 Å². The van der Waals surface area contributed by atoms with Crippen LogP contribution >= 0.6 is 23.7 Å². The van der Waals surface area contributed by atoms with Gasteiger partial charge in [0.2, 0.25) is 5.91 Å². The number of carbonyl (C=O) groups is 1. The van der Waals surface area contributed by atoms with Crippen LogP contribution in [-0.4, -0.2) is 16.4 Å². The van der Waals surface area contributed by atoms with Gasteiger partial charge in [0.25, 0.3) is 0 Å². The lowest BCUT2D eigenvalue weighted by atomic mass is 10.1. The van der Waals surface area contributed by atoms with E-state index in [-0.39, 0.29) is 18.3 Å². The van der Waals surface area contributed by atoms with Gasteiger partial charge in [-0.3, -0.25) is 4.79 Å². The zero-order valence-electron chi connectivity index (χ0n) is 14.9. The third-order valence-corrected chi connectivity index (χ3v) is 5.10. The lowest BCUT2D eigenvalue weighted by molar-refractivity contribution is -0.137. The van der Waals surface area contributed by atoms with E-state index in [9.17, 15) is 18.0 Å². The Hall–Kier alpha value is -1.64. The second kappa shape index (κ2) is 7.77. The molecule has 3 rings (SSSR count). The fourth-order valence-corrected chi connectivity index (χ4v) is 3.60. The van der Waals surface area contributed by atoms with E-state index in [1.807, 2.05) is 0 Å². The quantitative estimate of drug-likeness (QED) is 0.736. The maximum atomic E-state index is 12.9. The summed E-state index contributed by atoms with van der Waals surface area (Å²) >= 11 is 1.30. The first kappa shape index (κ1) is 21.7. The van der Waals surface area contributed by atoms with Gasteiger partial charge in [-0.05, 0) is 38.3 Å². The largest absolute Gasteiger partial charge is 0.416 e. The van der Waals surface area contributed by atoms with Gasteiger partial charge in [-0.25, -0.2) is 4.98 Å². The normalized spacial score (nSPS) is 14.6. The first-order valence-corrected chi connectivity index (χ1v) is 9.12. The van der Waals surface area contributed by atoms with Crippen molar-refractivity contribution in [3.05, 3.63) is 46.0 Å². The highest BCUT2D eigenvalue weighted by molar-refractivity contribution is 7.15. The summed E-state index contributed by atoms with van der Waals surface area (Å²) in [5, 5.41) is 3.15. The Balaban J connectivity index is 0.00000261. The summed E-state index contributed by atoms with van der Waals surface area (Å²) in [6, 6.07) is 5.31. The second-order valence-corrected chi connectivity index (χ2v) is 8.24. The summed E-state index contributed by atoms with van der Waals surface area (Å²) < 4.78 is 38.7. The Morgan fingerprint density at radius 2 is 2.00 bits per heavy atom. The van der Waals surface area contributed by atoms with E-state index < -0.39 is 17.3 Å². The summed E-state index contributed by atoms with van der Waals surface area (Å²) in [4.78, 5) is 17.4. The van der Waals surface area contributed by atoms with E-state index in [4.69, 9.17) is 5.73 Å². The fraction of sp³-hybridized carbons (Fsp3) is 0.444. The number of nitrogens with one attached hydrogen (secondary N) is 1. The topological polar surface area (TPSA) is 68.0 Å². The third kappa shape index (κ3) is 5.43. The molecule has 1 amide bonds. The number of alkyl halides is 3. The predicted octanol–water partition coefficient (Wildman–Crippen LogP) is 4.73. The number of thiazole rings is 1. The van der Waals surface area contributed by atoms with Crippen molar-refractivity contribution >= 4 is 34.8 Å². The van der Waals surface area contributed by atoms with E-state index in [0.29, 0.717) is 23.0 Å². The van der Waals surface area contributed by atoms with Crippen LogP contribution in [0.3, 0.4) is 0 Å². The molecule has 0 bridgehead atoms. The standard InChI is InChI=1S/C18H20F3N3OS.ClH/c1-17(2,22)15(25)24-16-23-14(11-6-7-11)13(26-16)9-10-4-3-5-12(8-10)18(19,20)21;/h3-5,8,11H,6-7,9,22H2,1-2H3,(H,23,24,25);1H. The van der Waals surface area contributed by atoms with Gasteiger partial charge in [0.1, 0.15) is 0 Å². The van der Waals surface area contributed by atoms with Crippen molar-refractivity contribution in [2.24, 2.45) is 5.73 Å². The van der Waals surface area contributed by atoms with Crippen LogP contribution in [0.25, 0.3) is 0 Å². The minimum Gasteiger partial charge on any atom is -0.318 e. The molecule has 1 aliphatic carbocycles. The molecule has 0 radical (unpaired) electrons. The molecule has 3 N–H and O–H groups in total. The summed E-state index contributed by atoms with van der Waals surface area (Å²) in [5.74, 6) is -0.0252. The van der Waals surface area contributed by atoms with Gasteiger partial charge in [0, 0.05) is 17.2 Å². The van der Waals surface area contributed by atoms with E-state index in [2.05, 4.69) is 10.3 Å². The van der Waals surface area contributed by atoms with Crippen molar-refractivity contribution in [2.75, 3.05) is 5.32 Å². The van der Waals surface area contributed by atoms with Crippen LogP contribution in [0, 0.1) is 0 Å². The third-order valence-electron chi connectivity index (χ3n) is 4.12. The van der Waals surface area contributed by atoms with Crippen molar-refractivity contribution in [3.8, 4) is 0 Å². The Morgan fingerprint density at radius 3 is 2.56 bits per heavy atom. The molecule has 0 unspecified atom stereocenters. The van der Waals surface area contributed by atoms with E-state index in [1.165, 1.54) is 17.4 Å². The van der Waals surface area contributed by atoms with Gasteiger partial charge in [0.15, 0.2) is 5.13 Å². The average Bonchev–Trinajstić information content (AvgIpc) is 3.29. The van der Waals surface area contributed by atoms with Gasteiger partial charge in [0.05, 0.1) is 16.8 Å². The number of nitrogens with zero attached hydrogens (tertiary/aromatic N) is 1. The van der Waals surface area contributed by atoms with Crippen molar-refractivity contribution in [1.29, 1.82) is 0 Å². The Labute approximate surface area is 165 Å². The molecule has 1 saturated carbocycles. The molecular formula is C18H21ClF3N3OS. The molecule has 1 aromatic heterocycles. The number of carbonyl (C=O) groups excluding carboxylic acids is 1. The van der Waals surface area contributed by atoms with E-state index >= 15 is 0 Å². The molecule has 27 heavy (non-hydrogen) atoms. The van der Waals surface area contributed by atoms with Gasteiger partial charge < -0.3 is 11.1 Å². The molecule has 9 heteroatoms. The summed E-state index contributed by atoms with van der Waals surface area (Å²) in [5.41, 5.74) is 5.53. The molecule has 0 atom stereocenters. The van der Waals surface area contributed by atoms with Crippen LogP contribution < -0.4 is 11.1 Å². The first-order chi connectivity index (χ1) is 12.0. The van der Waals surface area contributed by atoms with Gasteiger partial charge in [-0.1, -0.05) is 18.2 Å². The number of amides is 1. The zero-order chi connectivity index (χ0) is 19.1. The molecule has 4 nitrogen and oxygen atoms in total. The molecule has 1 heterocycles.